The van der Waals surface area contributed by atoms with Crippen molar-refractivity contribution in [1.82, 2.24) is 4.57 Å². The molecular weight excluding hydrogens is 536 g/mol. The zero-order valence-electron chi connectivity index (χ0n) is 19.3. The Kier molecular flexibility index (Phi) is 7.04. The summed E-state index contributed by atoms with van der Waals surface area (Å²) >= 11 is 4.68. The van der Waals surface area contributed by atoms with Crippen LogP contribution in [0.15, 0.2) is 68.0 Å². The molecule has 0 spiro atoms. The zero-order valence-corrected chi connectivity index (χ0v) is 21.7. The van der Waals surface area contributed by atoms with Crippen LogP contribution in [0.4, 0.5) is 0 Å². The second-order valence-corrected chi connectivity index (χ2v) is 9.56. The Hall–Kier alpha value is -3.50. The van der Waals surface area contributed by atoms with Gasteiger partial charge in [-0.1, -0.05) is 45.5 Å². The first-order valence-electron chi connectivity index (χ1n) is 10.5. The summed E-state index contributed by atoms with van der Waals surface area (Å²) in [6, 6.07) is 11.6. The number of fused-ring (bicyclic) bond motifs is 1. The molecule has 0 N–H and O–H groups in total. The van der Waals surface area contributed by atoms with Crippen LogP contribution in [0.2, 0.25) is 0 Å². The monoisotopic (exact) mass is 556 g/mol. The first-order valence-corrected chi connectivity index (χ1v) is 12.1. The van der Waals surface area contributed by atoms with Crippen LogP contribution in [0.3, 0.4) is 0 Å². The van der Waals surface area contributed by atoms with Crippen molar-refractivity contribution >= 4 is 45.3 Å². The molecule has 1 aliphatic rings. The largest absolute Gasteiger partial charge is 0.493 e. The summed E-state index contributed by atoms with van der Waals surface area (Å²) < 4.78 is 18.5. The molecule has 0 radical (unpaired) electrons. The summed E-state index contributed by atoms with van der Waals surface area (Å²) in [5.74, 6) is -0.581. The lowest BCUT2D eigenvalue weighted by Crippen LogP contribution is -2.39. The smallest absolute Gasteiger partial charge is 0.338 e. The fourth-order valence-electron chi connectivity index (χ4n) is 3.85. The lowest BCUT2D eigenvalue weighted by molar-refractivity contribution is -0.136. The van der Waals surface area contributed by atoms with Gasteiger partial charge in [-0.25, -0.2) is 9.79 Å². The molecule has 2 heterocycles. The third-order valence-corrected chi connectivity index (χ3v) is 6.81. The molecule has 2 aromatic carbocycles. The molecule has 4 rings (SSSR count). The van der Waals surface area contributed by atoms with Gasteiger partial charge < -0.3 is 14.2 Å². The molecule has 8 nitrogen and oxygen atoms in total. The van der Waals surface area contributed by atoms with Crippen LogP contribution in [0.5, 0.6) is 11.5 Å². The predicted octanol–water partition coefficient (Wildman–Crippen LogP) is 3.10. The van der Waals surface area contributed by atoms with Crippen molar-refractivity contribution in [2.75, 3.05) is 14.2 Å². The number of allylic oxidation sites excluding steroid dienone is 1. The third kappa shape index (κ3) is 4.85. The van der Waals surface area contributed by atoms with Gasteiger partial charge in [0, 0.05) is 11.4 Å². The highest BCUT2D eigenvalue weighted by Crippen LogP contribution is 2.36. The Morgan fingerprint density at radius 1 is 1.14 bits per heavy atom. The van der Waals surface area contributed by atoms with Crippen molar-refractivity contribution in [2.24, 2.45) is 4.99 Å². The molecule has 180 valence electrons. The van der Waals surface area contributed by atoms with Gasteiger partial charge >= 0.3 is 11.9 Å². The number of halogens is 1. The molecule has 10 heteroatoms. The van der Waals surface area contributed by atoms with Gasteiger partial charge in [-0.05, 0) is 48.4 Å². The highest BCUT2D eigenvalue weighted by atomic mass is 79.9. The van der Waals surface area contributed by atoms with Gasteiger partial charge in [0.25, 0.3) is 5.56 Å². The maximum absolute atomic E-state index is 13.6. The molecule has 1 unspecified atom stereocenters. The maximum atomic E-state index is 13.6. The number of carbonyl (C=O) groups is 2. The first kappa shape index (κ1) is 24.6. The minimum absolute atomic E-state index is 0.228. The van der Waals surface area contributed by atoms with E-state index >= 15 is 0 Å². The van der Waals surface area contributed by atoms with Crippen LogP contribution in [0.1, 0.15) is 31.0 Å². The summed E-state index contributed by atoms with van der Waals surface area (Å²) in [6.45, 7) is 2.99. The molecule has 3 aromatic rings. The molecule has 0 bridgehead atoms. The molecule has 0 amide bonds. The lowest BCUT2D eigenvalue weighted by Gasteiger charge is -2.25. The summed E-state index contributed by atoms with van der Waals surface area (Å²) in [6.07, 6.45) is 1.78. The SMILES string of the molecule is COC(=O)C1=C(C)N=c2sc(=Cc3cccc(Br)c3)c(=O)n2C1c1ccc(OC(C)=O)c(OC)c1. The van der Waals surface area contributed by atoms with Crippen LogP contribution in [-0.4, -0.2) is 30.7 Å². The summed E-state index contributed by atoms with van der Waals surface area (Å²) in [5, 5.41) is 0. The first-order chi connectivity index (χ1) is 16.7. The summed E-state index contributed by atoms with van der Waals surface area (Å²) in [7, 11) is 2.72. The molecule has 35 heavy (non-hydrogen) atoms. The Morgan fingerprint density at radius 3 is 2.57 bits per heavy atom. The number of hydrogen-bond donors (Lipinski definition) is 0. The Labute approximate surface area is 212 Å². The standard InChI is InChI=1S/C25H21BrN2O6S/c1-13-21(24(31)33-4)22(16-8-9-18(34-14(2)29)19(12-16)32-3)28-23(30)20(35-25(28)27-13)11-15-6-5-7-17(26)10-15/h5-12,22H,1-4H3. The average Bonchev–Trinajstić information content (AvgIpc) is 3.12. The number of carbonyl (C=O) groups excluding carboxylic acids is 2. The van der Waals surface area contributed by atoms with Crippen LogP contribution < -0.4 is 24.4 Å². The van der Waals surface area contributed by atoms with E-state index in [2.05, 4.69) is 20.9 Å². The van der Waals surface area contributed by atoms with Gasteiger partial charge in [0.05, 0.1) is 36.1 Å². The minimum atomic E-state index is -0.816. The van der Waals surface area contributed by atoms with E-state index in [1.165, 1.54) is 37.0 Å². The lowest BCUT2D eigenvalue weighted by atomic mass is 9.95. The van der Waals surface area contributed by atoms with Gasteiger partial charge in [0.1, 0.15) is 0 Å². The second kappa shape index (κ2) is 10.0. The molecule has 1 atom stereocenters. The molecule has 0 aliphatic carbocycles. The van der Waals surface area contributed by atoms with E-state index in [0.29, 0.717) is 20.6 Å². The Balaban J connectivity index is 1.96. The van der Waals surface area contributed by atoms with E-state index in [0.717, 1.165) is 10.0 Å². The van der Waals surface area contributed by atoms with Crippen molar-refractivity contribution in [3.05, 3.63) is 89.0 Å². The molecule has 1 aromatic heterocycles. The van der Waals surface area contributed by atoms with Crippen molar-refractivity contribution in [3.63, 3.8) is 0 Å². The topological polar surface area (TPSA) is 96.2 Å². The van der Waals surface area contributed by atoms with Crippen LogP contribution in [-0.2, 0) is 14.3 Å². The number of thiazole rings is 1. The summed E-state index contributed by atoms with van der Waals surface area (Å²) in [4.78, 5) is 42.9. The van der Waals surface area contributed by atoms with Gasteiger partial charge in [0.15, 0.2) is 16.3 Å². The van der Waals surface area contributed by atoms with E-state index in [1.807, 2.05) is 24.3 Å². The van der Waals surface area contributed by atoms with Crippen LogP contribution >= 0.6 is 27.3 Å². The number of esters is 2. The highest BCUT2D eigenvalue weighted by molar-refractivity contribution is 9.10. The van der Waals surface area contributed by atoms with Crippen molar-refractivity contribution in [3.8, 4) is 11.5 Å². The van der Waals surface area contributed by atoms with Crippen molar-refractivity contribution in [2.45, 2.75) is 19.9 Å². The second-order valence-electron chi connectivity index (χ2n) is 7.63. The van der Waals surface area contributed by atoms with E-state index in [-0.39, 0.29) is 22.6 Å². The fraction of sp³-hybridized carbons (Fsp3) is 0.200. The number of benzene rings is 2. The molecule has 1 aliphatic heterocycles. The van der Waals surface area contributed by atoms with E-state index in [9.17, 15) is 14.4 Å². The van der Waals surface area contributed by atoms with Crippen LogP contribution in [0, 0.1) is 0 Å². The quantitative estimate of drug-likeness (QED) is 0.354. The van der Waals surface area contributed by atoms with E-state index in [1.54, 1.807) is 31.2 Å². The Bertz CT molecular complexity index is 1550. The molecule has 0 fully saturated rings. The number of rotatable bonds is 5. The third-order valence-electron chi connectivity index (χ3n) is 5.33. The number of nitrogens with zero attached hydrogens (tertiary/aromatic N) is 2. The van der Waals surface area contributed by atoms with Gasteiger partial charge in [0.2, 0.25) is 0 Å². The molecular formula is C25H21BrN2O6S. The van der Waals surface area contributed by atoms with E-state index in [4.69, 9.17) is 14.2 Å². The maximum Gasteiger partial charge on any atom is 0.338 e. The van der Waals surface area contributed by atoms with Crippen LogP contribution in [0.25, 0.3) is 6.08 Å². The number of hydrogen-bond acceptors (Lipinski definition) is 8. The zero-order chi connectivity index (χ0) is 25.3. The minimum Gasteiger partial charge on any atom is -0.493 e. The predicted molar refractivity (Wildman–Crippen MR) is 134 cm³/mol. The molecule has 0 saturated carbocycles. The van der Waals surface area contributed by atoms with Crippen molar-refractivity contribution < 1.29 is 23.8 Å². The van der Waals surface area contributed by atoms with Crippen molar-refractivity contribution in [1.29, 1.82) is 0 Å². The average molecular weight is 557 g/mol. The molecule has 0 saturated heterocycles. The number of aromatic nitrogens is 1. The highest BCUT2D eigenvalue weighted by Gasteiger charge is 2.33. The van der Waals surface area contributed by atoms with Gasteiger partial charge in [-0.2, -0.15) is 0 Å². The van der Waals surface area contributed by atoms with Gasteiger partial charge in [-0.15, -0.1) is 0 Å². The number of methoxy groups -OCH3 is 2. The number of ether oxygens (including phenoxy) is 3. The summed E-state index contributed by atoms with van der Waals surface area (Å²) in [5.41, 5.74) is 1.80. The van der Waals surface area contributed by atoms with Gasteiger partial charge in [-0.3, -0.25) is 14.2 Å². The fourth-order valence-corrected chi connectivity index (χ4v) is 5.31. The Morgan fingerprint density at radius 2 is 1.91 bits per heavy atom. The normalized spacial score (nSPS) is 15.3. The van der Waals surface area contributed by atoms with E-state index < -0.39 is 18.0 Å².